The predicted octanol–water partition coefficient (Wildman–Crippen LogP) is 1.80. The molecule has 1 heterocycles. The van der Waals surface area contributed by atoms with Gasteiger partial charge in [0.1, 0.15) is 11.6 Å². The van der Waals surface area contributed by atoms with Crippen molar-refractivity contribution in [2.24, 2.45) is 0 Å². The molecule has 0 aliphatic carbocycles. The number of rotatable bonds is 9. The van der Waals surface area contributed by atoms with Crippen LogP contribution in [0.25, 0.3) is 0 Å². The molecule has 1 atom stereocenters. The van der Waals surface area contributed by atoms with Crippen LogP contribution in [0.1, 0.15) is 25.5 Å². The van der Waals surface area contributed by atoms with Crippen molar-refractivity contribution in [1.82, 2.24) is 15.2 Å². The Kier molecular flexibility index (Phi) is 8.78. The average Bonchev–Trinajstić information content (AvgIpc) is 2.58. The third-order valence-corrected chi connectivity index (χ3v) is 2.96. The fourth-order valence-corrected chi connectivity index (χ4v) is 1.94. The first-order chi connectivity index (χ1) is 12.0. The van der Waals surface area contributed by atoms with Crippen LogP contribution in [0, 0.1) is 0 Å². The van der Waals surface area contributed by atoms with E-state index in [4.69, 9.17) is 9.47 Å². The number of nitrogens with zero attached hydrogens (tertiary/aromatic N) is 2. The van der Waals surface area contributed by atoms with Crippen LogP contribution in [0.4, 0.5) is 0 Å². The minimum Gasteiger partial charge on any atom is -0.465 e. The molecule has 0 bridgehead atoms. The summed E-state index contributed by atoms with van der Waals surface area (Å²) in [7, 11) is 3.58. The number of carbonyl (C=O) groups is 2. The van der Waals surface area contributed by atoms with Gasteiger partial charge < -0.3 is 19.7 Å². The van der Waals surface area contributed by atoms with Gasteiger partial charge >= 0.3 is 11.9 Å². The Hall–Kier alpha value is -2.83. The van der Waals surface area contributed by atoms with Crippen molar-refractivity contribution in [3.8, 4) is 0 Å². The van der Waals surface area contributed by atoms with Crippen LogP contribution in [0.15, 0.2) is 48.6 Å². The summed E-state index contributed by atoms with van der Waals surface area (Å²) in [5.41, 5.74) is 0.819. The largest absolute Gasteiger partial charge is 0.465 e. The van der Waals surface area contributed by atoms with E-state index in [1.807, 2.05) is 0 Å². The Labute approximate surface area is 148 Å². The van der Waals surface area contributed by atoms with Gasteiger partial charge in [0.2, 0.25) is 0 Å². The molecular formula is C18H25N3O4. The third-order valence-electron chi connectivity index (χ3n) is 2.96. The highest BCUT2D eigenvalue weighted by Gasteiger charge is 2.20. The summed E-state index contributed by atoms with van der Waals surface area (Å²) in [4.78, 5) is 30.0. The van der Waals surface area contributed by atoms with Crippen molar-refractivity contribution in [2.45, 2.75) is 19.8 Å². The maximum absolute atomic E-state index is 12.2. The lowest BCUT2D eigenvalue weighted by atomic mass is 10.1. The lowest BCUT2D eigenvalue weighted by Crippen LogP contribution is -2.22. The number of hydrogen-bond donors (Lipinski definition) is 1. The highest BCUT2D eigenvalue weighted by molar-refractivity contribution is 5.88. The zero-order chi connectivity index (χ0) is 18.7. The van der Waals surface area contributed by atoms with Gasteiger partial charge in [0.05, 0.1) is 18.9 Å². The maximum atomic E-state index is 12.2. The maximum Gasteiger partial charge on any atom is 0.356 e. The minimum atomic E-state index is -0.670. The quantitative estimate of drug-likeness (QED) is 0.539. The molecule has 7 heteroatoms. The summed E-state index contributed by atoms with van der Waals surface area (Å²) in [6.07, 6.45) is 6.33. The van der Waals surface area contributed by atoms with E-state index >= 15 is 0 Å². The minimum absolute atomic E-state index is 0.256. The molecule has 1 aromatic heterocycles. The van der Waals surface area contributed by atoms with Gasteiger partial charge in [0, 0.05) is 26.5 Å². The molecule has 1 rings (SSSR count). The second kappa shape index (κ2) is 10.9. The number of carbonyl (C=O) groups excluding carboxylic acids is 2. The Morgan fingerprint density at radius 2 is 1.96 bits per heavy atom. The standard InChI is InChI=1S/C18H25N3O4/c1-5-24-17(22)14(15-9-7-8-11-19-15)10-12-20-16(13-21(3)4)18(23)25-6-2/h7-14,20H,5-6H2,1-4H3/b12-10+,16-13-. The molecule has 1 N–H and O–H groups in total. The van der Waals surface area contributed by atoms with E-state index in [0.29, 0.717) is 5.69 Å². The van der Waals surface area contributed by atoms with E-state index in [9.17, 15) is 9.59 Å². The average molecular weight is 347 g/mol. The monoisotopic (exact) mass is 347 g/mol. The van der Waals surface area contributed by atoms with Gasteiger partial charge in [-0.05, 0) is 38.3 Å². The lowest BCUT2D eigenvalue weighted by molar-refractivity contribution is -0.143. The molecule has 1 aromatic rings. The lowest BCUT2D eigenvalue weighted by Gasteiger charge is -2.13. The molecule has 0 aromatic carbocycles. The zero-order valence-corrected chi connectivity index (χ0v) is 15.1. The van der Waals surface area contributed by atoms with Crippen molar-refractivity contribution < 1.29 is 19.1 Å². The van der Waals surface area contributed by atoms with Crippen molar-refractivity contribution in [2.75, 3.05) is 27.3 Å². The van der Waals surface area contributed by atoms with Crippen molar-refractivity contribution in [3.63, 3.8) is 0 Å². The van der Waals surface area contributed by atoms with Crippen LogP contribution < -0.4 is 5.32 Å². The summed E-state index contributed by atoms with van der Waals surface area (Å²) < 4.78 is 10.1. The SMILES string of the molecule is CCOC(=O)/C(=C/N(C)C)N/C=C/C(C(=O)OCC)c1ccccn1. The Balaban J connectivity index is 2.94. The van der Waals surface area contributed by atoms with E-state index in [0.717, 1.165) is 0 Å². The summed E-state index contributed by atoms with van der Waals surface area (Å²) in [5.74, 6) is -1.56. The van der Waals surface area contributed by atoms with Crippen LogP contribution in [0.3, 0.4) is 0 Å². The summed E-state index contributed by atoms with van der Waals surface area (Å²) in [6.45, 7) is 4.03. The number of pyridine rings is 1. The van der Waals surface area contributed by atoms with E-state index in [-0.39, 0.29) is 18.9 Å². The summed E-state index contributed by atoms with van der Waals surface area (Å²) in [6, 6.07) is 5.31. The van der Waals surface area contributed by atoms with Gasteiger partial charge in [-0.25, -0.2) is 4.79 Å². The van der Waals surface area contributed by atoms with Crippen LogP contribution in [-0.4, -0.2) is 49.1 Å². The molecule has 0 fully saturated rings. The molecular weight excluding hydrogens is 322 g/mol. The number of ether oxygens (including phenoxy) is 2. The third kappa shape index (κ3) is 7.07. The Morgan fingerprint density at radius 3 is 2.52 bits per heavy atom. The first-order valence-electron chi connectivity index (χ1n) is 8.05. The first-order valence-corrected chi connectivity index (χ1v) is 8.05. The highest BCUT2D eigenvalue weighted by Crippen LogP contribution is 2.16. The molecule has 0 radical (unpaired) electrons. The molecule has 0 aliphatic heterocycles. The van der Waals surface area contributed by atoms with E-state index in [1.165, 1.54) is 6.20 Å². The van der Waals surface area contributed by atoms with Gasteiger partial charge in [0.25, 0.3) is 0 Å². The van der Waals surface area contributed by atoms with Crippen LogP contribution in [0.5, 0.6) is 0 Å². The molecule has 0 aliphatic rings. The molecule has 0 amide bonds. The van der Waals surface area contributed by atoms with E-state index in [2.05, 4.69) is 10.3 Å². The Morgan fingerprint density at radius 1 is 1.24 bits per heavy atom. The van der Waals surface area contributed by atoms with Gasteiger partial charge in [-0.1, -0.05) is 6.07 Å². The summed E-state index contributed by atoms with van der Waals surface area (Å²) >= 11 is 0. The first kappa shape index (κ1) is 20.2. The fourth-order valence-electron chi connectivity index (χ4n) is 1.94. The van der Waals surface area contributed by atoms with Gasteiger partial charge in [0.15, 0.2) is 0 Å². The van der Waals surface area contributed by atoms with Crippen LogP contribution in [0.2, 0.25) is 0 Å². The Bertz CT molecular complexity index is 612. The van der Waals surface area contributed by atoms with E-state index < -0.39 is 17.9 Å². The van der Waals surface area contributed by atoms with Crippen molar-refractivity contribution >= 4 is 11.9 Å². The molecule has 25 heavy (non-hydrogen) atoms. The normalized spacial score (nSPS) is 12.6. The number of hydrogen-bond acceptors (Lipinski definition) is 7. The van der Waals surface area contributed by atoms with Crippen LogP contribution in [-0.2, 0) is 19.1 Å². The highest BCUT2D eigenvalue weighted by atomic mass is 16.5. The van der Waals surface area contributed by atoms with Crippen LogP contribution >= 0.6 is 0 Å². The van der Waals surface area contributed by atoms with Crippen molar-refractivity contribution in [1.29, 1.82) is 0 Å². The number of esters is 2. The van der Waals surface area contributed by atoms with E-state index in [1.54, 1.807) is 69.5 Å². The van der Waals surface area contributed by atoms with Gasteiger partial charge in [-0.3, -0.25) is 9.78 Å². The molecule has 0 saturated carbocycles. The topological polar surface area (TPSA) is 80.8 Å². The molecule has 1 unspecified atom stereocenters. The van der Waals surface area contributed by atoms with Gasteiger partial charge in [-0.2, -0.15) is 0 Å². The van der Waals surface area contributed by atoms with Gasteiger partial charge in [-0.15, -0.1) is 0 Å². The second-order valence-corrected chi connectivity index (χ2v) is 5.21. The smallest absolute Gasteiger partial charge is 0.356 e. The second-order valence-electron chi connectivity index (χ2n) is 5.21. The summed E-state index contributed by atoms with van der Waals surface area (Å²) in [5, 5.41) is 2.86. The van der Waals surface area contributed by atoms with Crippen molar-refractivity contribution in [3.05, 3.63) is 54.3 Å². The number of aromatic nitrogens is 1. The fraction of sp³-hybridized carbons (Fsp3) is 0.389. The molecule has 7 nitrogen and oxygen atoms in total. The molecule has 136 valence electrons. The molecule has 0 spiro atoms. The number of nitrogens with one attached hydrogen (secondary N) is 1. The zero-order valence-electron chi connectivity index (χ0n) is 15.1. The molecule has 0 saturated heterocycles. The predicted molar refractivity (Wildman–Crippen MR) is 94.3 cm³/mol.